The van der Waals surface area contributed by atoms with Crippen LogP contribution in [0.15, 0.2) is 42.5 Å². The number of rotatable bonds is 2. The molecule has 2 rings (SSSR count). The van der Waals surface area contributed by atoms with Crippen molar-refractivity contribution in [2.75, 3.05) is 0 Å². The summed E-state index contributed by atoms with van der Waals surface area (Å²) in [4.78, 5) is 0. The predicted molar refractivity (Wildman–Crippen MR) is 81.8 cm³/mol. The Labute approximate surface area is 123 Å². The fraction of sp³-hybridized carbons (Fsp3) is 0.333. The Morgan fingerprint density at radius 2 is 1.50 bits per heavy atom. The van der Waals surface area contributed by atoms with E-state index in [0.29, 0.717) is 0 Å². The minimum Gasteiger partial charge on any atom is -0.0830 e. The maximum absolute atomic E-state index is 6.11. The lowest BCUT2D eigenvalue weighted by Crippen LogP contribution is -2.22. The highest BCUT2D eigenvalue weighted by atomic mass is 35.6. The van der Waals surface area contributed by atoms with Gasteiger partial charge < -0.3 is 0 Å². The zero-order valence-electron chi connectivity index (χ0n) is 10.3. The Bertz CT molecular complexity index is 541. The molecule has 0 saturated carbocycles. The van der Waals surface area contributed by atoms with Crippen LogP contribution in [0.1, 0.15) is 25.3 Å². The van der Waals surface area contributed by atoms with Crippen molar-refractivity contribution >= 4 is 45.6 Å². The number of hydrogen-bond donors (Lipinski definition) is 0. The Morgan fingerprint density at radius 1 is 0.889 bits per heavy atom. The van der Waals surface area contributed by atoms with Gasteiger partial charge >= 0.3 is 0 Å². The second-order valence-corrected chi connectivity index (χ2v) is 7.24. The van der Waals surface area contributed by atoms with Crippen molar-refractivity contribution in [1.29, 1.82) is 0 Å². The highest BCUT2D eigenvalue weighted by molar-refractivity contribution is 6.68. The van der Waals surface area contributed by atoms with Crippen LogP contribution in [-0.2, 0) is 0 Å². The van der Waals surface area contributed by atoms with Crippen molar-refractivity contribution < 1.29 is 0 Å². The van der Waals surface area contributed by atoms with Crippen LogP contribution in [-0.4, -0.2) is 3.79 Å². The normalized spacial score (nSPS) is 14.1. The van der Waals surface area contributed by atoms with E-state index in [1.54, 1.807) is 0 Å². The van der Waals surface area contributed by atoms with E-state index in [9.17, 15) is 0 Å². The number of alkyl halides is 3. The Kier molecular flexibility index (Phi) is 4.11. The highest BCUT2D eigenvalue weighted by Crippen LogP contribution is 2.46. The molecule has 0 bridgehead atoms. The second kappa shape index (κ2) is 5.28. The first-order valence-corrected chi connectivity index (χ1v) is 7.08. The Hall–Kier alpha value is -0.430. The van der Waals surface area contributed by atoms with E-state index in [1.165, 1.54) is 10.8 Å². The lowest BCUT2D eigenvalue weighted by atomic mass is 9.88. The van der Waals surface area contributed by atoms with Gasteiger partial charge in [0.05, 0.1) is 0 Å². The topological polar surface area (TPSA) is 0 Å². The van der Waals surface area contributed by atoms with Crippen LogP contribution < -0.4 is 0 Å². The van der Waals surface area contributed by atoms with Crippen molar-refractivity contribution in [2.45, 2.75) is 23.6 Å². The highest BCUT2D eigenvalue weighted by Gasteiger charge is 2.36. The molecular formula is C15H15Cl3. The van der Waals surface area contributed by atoms with Gasteiger partial charge in [-0.3, -0.25) is 0 Å². The molecule has 0 amide bonds. The van der Waals surface area contributed by atoms with E-state index in [2.05, 4.69) is 44.2 Å². The fourth-order valence-corrected chi connectivity index (χ4v) is 3.49. The van der Waals surface area contributed by atoms with Crippen LogP contribution in [0.4, 0.5) is 0 Å². The molecule has 0 heterocycles. The first-order chi connectivity index (χ1) is 8.39. The predicted octanol–water partition coefficient (Wildman–Crippen LogP) is 5.95. The van der Waals surface area contributed by atoms with Gasteiger partial charge in [-0.15, -0.1) is 0 Å². The standard InChI is InChI=1S/C15H15Cl3/c1-10(2)14(15(16,17)18)13-8-7-11-5-3-4-6-12(11)9-13/h3-10,14H,1-2H3. The first-order valence-electron chi connectivity index (χ1n) is 5.95. The summed E-state index contributed by atoms with van der Waals surface area (Å²) in [5.41, 5.74) is 1.07. The van der Waals surface area contributed by atoms with Gasteiger partial charge in [0.1, 0.15) is 0 Å². The van der Waals surface area contributed by atoms with Crippen molar-refractivity contribution in [3.63, 3.8) is 0 Å². The molecule has 0 fully saturated rings. The first kappa shape index (κ1) is 14.0. The summed E-state index contributed by atoms with van der Waals surface area (Å²) in [5, 5.41) is 2.38. The van der Waals surface area contributed by atoms with Gasteiger partial charge in [0.25, 0.3) is 0 Å². The van der Waals surface area contributed by atoms with Crippen LogP contribution in [0, 0.1) is 5.92 Å². The average molecular weight is 302 g/mol. The lowest BCUT2D eigenvalue weighted by molar-refractivity contribution is 0.505. The van der Waals surface area contributed by atoms with Crippen LogP contribution in [0.5, 0.6) is 0 Å². The smallest absolute Gasteiger partial charge is 0.0830 e. The van der Waals surface area contributed by atoms with Gasteiger partial charge in [0.2, 0.25) is 0 Å². The molecule has 0 spiro atoms. The molecule has 0 aliphatic rings. The Morgan fingerprint density at radius 3 is 2.06 bits per heavy atom. The molecule has 1 atom stereocenters. The van der Waals surface area contributed by atoms with Crippen LogP contribution >= 0.6 is 34.8 Å². The summed E-state index contributed by atoms with van der Waals surface area (Å²) in [7, 11) is 0. The van der Waals surface area contributed by atoms with Crippen molar-refractivity contribution in [2.24, 2.45) is 5.92 Å². The van der Waals surface area contributed by atoms with Gasteiger partial charge in [0.15, 0.2) is 3.79 Å². The average Bonchev–Trinajstić information content (AvgIpc) is 2.26. The van der Waals surface area contributed by atoms with Crippen molar-refractivity contribution in [3.8, 4) is 0 Å². The zero-order valence-corrected chi connectivity index (χ0v) is 12.6. The molecule has 3 heteroatoms. The van der Waals surface area contributed by atoms with Gasteiger partial charge in [-0.2, -0.15) is 0 Å². The molecule has 0 radical (unpaired) electrons. The molecule has 0 aliphatic carbocycles. The maximum Gasteiger partial charge on any atom is 0.197 e. The van der Waals surface area contributed by atoms with Gasteiger partial charge in [-0.05, 0) is 22.3 Å². The molecule has 0 aromatic heterocycles. The number of fused-ring (bicyclic) bond motifs is 1. The van der Waals surface area contributed by atoms with Gasteiger partial charge in [-0.25, -0.2) is 0 Å². The molecule has 0 saturated heterocycles. The summed E-state index contributed by atoms with van der Waals surface area (Å²) >= 11 is 18.3. The van der Waals surface area contributed by atoms with E-state index >= 15 is 0 Å². The summed E-state index contributed by atoms with van der Waals surface area (Å²) < 4.78 is -1.28. The zero-order chi connectivity index (χ0) is 13.3. The van der Waals surface area contributed by atoms with Crippen molar-refractivity contribution in [3.05, 3.63) is 48.0 Å². The second-order valence-electron chi connectivity index (χ2n) is 4.87. The largest absolute Gasteiger partial charge is 0.197 e. The molecule has 96 valence electrons. The molecule has 1 unspecified atom stereocenters. The SMILES string of the molecule is CC(C)C(c1ccc2ccccc2c1)C(Cl)(Cl)Cl. The molecule has 0 aliphatic heterocycles. The molecule has 0 nitrogen and oxygen atoms in total. The third-order valence-electron chi connectivity index (χ3n) is 3.15. The third-order valence-corrected chi connectivity index (χ3v) is 3.86. The number of hydrogen-bond acceptors (Lipinski definition) is 0. The molecule has 2 aromatic rings. The van der Waals surface area contributed by atoms with Crippen LogP contribution in [0.25, 0.3) is 10.8 Å². The fourth-order valence-electron chi connectivity index (χ4n) is 2.35. The van der Waals surface area contributed by atoms with Crippen LogP contribution in [0.2, 0.25) is 0 Å². The Balaban J connectivity index is 2.51. The van der Waals surface area contributed by atoms with E-state index in [4.69, 9.17) is 34.8 Å². The summed E-state index contributed by atoms with van der Waals surface area (Å²) in [5.74, 6) is 0.158. The monoisotopic (exact) mass is 300 g/mol. The lowest BCUT2D eigenvalue weighted by Gasteiger charge is -2.28. The van der Waals surface area contributed by atoms with Gasteiger partial charge in [-0.1, -0.05) is 91.1 Å². The summed E-state index contributed by atoms with van der Waals surface area (Å²) in [6.45, 7) is 4.14. The molecule has 18 heavy (non-hydrogen) atoms. The number of halogens is 3. The maximum atomic E-state index is 6.11. The minimum atomic E-state index is -1.28. The minimum absolute atomic E-state index is 0.105. The molecular weight excluding hydrogens is 287 g/mol. The van der Waals surface area contributed by atoms with E-state index in [0.717, 1.165) is 5.56 Å². The van der Waals surface area contributed by atoms with E-state index in [-0.39, 0.29) is 11.8 Å². The van der Waals surface area contributed by atoms with Gasteiger partial charge in [0, 0.05) is 5.92 Å². The van der Waals surface area contributed by atoms with Crippen LogP contribution in [0.3, 0.4) is 0 Å². The molecule has 2 aromatic carbocycles. The quantitative estimate of drug-likeness (QED) is 0.601. The summed E-state index contributed by atoms with van der Waals surface area (Å²) in [6.07, 6.45) is 0. The van der Waals surface area contributed by atoms with E-state index < -0.39 is 3.79 Å². The molecule has 0 N–H and O–H groups in total. The number of benzene rings is 2. The van der Waals surface area contributed by atoms with Crippen molar-refractivity contribution in [1.82, 2.24) is 0 Å². The van der Waals surface area contributed by atoms with E-state index in [1.807, 2.05) is 12.1 Å². The third kappa shape index (κ3) is 2.93. The summed E-state index contributed by atoms with van der Waals surface area (Å²) in [6, 6.07) is 14.4.